The van der Waals surface area contributed by atoms with Crippen LogP contribution in [0.5, 0.6) is 0 Å². The number of carbonyl (C=O) groups excluding carboxylic acids is 1. The topological polar surface area (TPSA) is 104 Å². The number of anilines is 1. The third-order valence-corrected chi connectivity index (χ3v) is 4.39. The van der Waals surface area contributed by atoms with Gasteiger partial charge in [-0.3, -0.25) is 4.79 Å². The number of aryl methyl sites for hydroxylation is 1. The monoisotopic (exact) mass is 403 g/mol. The Morgan fingerprint density at radius 3 is 2.62 bits per heavy atom. The van der Waals surface area contributed by atoms with E-state index < -0.39 is 29.8 Å². The average Bonchev–Trinajstić information content (AvgIpc) is 3.03. The van der Waals surface area contributed by atoms with Crippen LogP contribution in [0, 0.1) is 18.3 Å². The van der Waals surface area contributed by atoms with Gasteiger partial charge < -0.3 is 10.4 Å². The van der Waals surface area contributed by atoms with Crippen molar-refractivity contribution < 1.29 is 23.1 Å². The van der Waals surface area contributed by atoms with Crippen LogP contribution in [-0.4, -0.2) is 31.6 Å². The van der Waals surface area contributed by atoms with Gasteiger partial charge in [0.05, 0.1) is 29.3 Å². The predicted molar refractivity (Wildman–Crippen MR) is 97.7 cm³/mol. The number of benzene rings is 2. The number of fused-ring (bicyclic) bond motifs is 1. The number of halogens is 3. The van der Waals surface area contributed by atoms with Crippen molar-refractivity contribution in [2.75, 3.05) is 5.32 Å². The zero-order chi connectivity index (χ0) is 21.4. The first-order valence-corrected chi connectivity index (χ1v) is 8.46. The lowest BCUT2D eigenvalue weighted by atomic mass is 10.0. The standard InChI is InChI=1S/C19H16F3N5O2/c1-11-7-14(5-3-12(11)9-23)24-17(28)18(2,29)10-27-16-8-13(19(20,21)22)4-6-15(16)25-26-27/h3-8,29H,10H2,1-2H3,(H,24,28)/t18-/m0/s1. The van der Waals surface area contributed by atoms with Crippen molar-refractivity contribution in [1.82, 2.24) is 15.0 Å². The van der Waals surface area contributed by atoms with Gasteiger partial charge in [-0.1, -0.05) is 5.21 Å². The highest BCUT2D eigenvalue weighted by Crippen LogP contribution is 2.31. The van der Waals surface area contributed by atoms with Crippen molar-refractivity contribution in [2.45, 2.75) is 32.2 Å². The van der Waals surface area contributed by atoms with E-state index in [1.165, 1.54) is 25.1 Å². The molecule has 0 spiro atoms. The molecule has 1 heterocycles. The second kappa shape index (κ2) is 7.18. The van der Waals surface area contributed by atoms with Crippen LogP contribution >= 0.6 is 0 Å². The van der Waals surface area contributed by atoms with Gasteiger partial charge in [0.25, 0.3) is 5.91 Å². The van der Waals surface area contributed by atoms with Crippen LogP contribution in [0.3, 0.4) is 0 Å². The SMILES string of the molecule is Cc1cc(NC(=O)[C@@](C)(O)Cn2nnc3ccc(C(F)(F)F)cc32)ccc1C#N. The van der Waals surface area contributed by atoms with Gasteiger partial charge in [-0.15, -0.1) is 5.10 Å². The lowest BCUT2D eigenvalue weighted by molar-refractivity contribution is -0.137. The molecule has 0 saturated heterocycles. The Kier molecular flexibility index (Phi) is 5.02. The Morgan fingerprint density at radius 2 is 2.00 bits per heavy atom. The average molecular weight is 403 g/mol. The lowest BCUT2D eigenvalue weighted by Crippen LogP contribution is -2.44. The molecule has 2 aromatic carbocycles. The summed E-state index contributed by atoms with van der Waals surface area (Å²) >= 11 is 0. The molecule has 0 bridgehead atoms. The molecule has 0 saturated carbocycles. The van der Waals surface area contributed by atoms with E-state index in [9.17, 15) is 23.1 Å². The van der Waals surface area contributed by atoms with E-state index in [0.717, 1.165) is 16.8 Å². The summed E-state index contributed by atoms with van der Waals surface area (Å²) in [5.41, 5.74) is -1.16. The Bertz CT molecular complexity index is 1130. The summed E-state index contributed by atoms with van der Waals surface area (Å²) in [4.78, 5) is 12.5. The summed E-state index contributed by atoms with van der Waals surface area (Å²) in [5, 5.41) is 29.6. The van der Waals surface area contributed by atoms with Gasteiger partial charge in [0.15, 0.2) is 5.60 Å². The summed E-state index contributed by atoms with van der Waals surface area (Å²) in [5.74, 6) is -0.780. The molecule has 1 aromatic heterocycles. The normalized spacial score (nSPS) is 13.7. The van der Waals surface area contributed by atoms with Gasteiger partial charge in [0.1, 0.15) is 5.52 Å². The Labute approximate surface area is 163 Å². The molecule has 0 unspecified atom stereocenters. The number of hydrogen-bond donors (Lipinski definition) is 2. The maximum absolute atomic E-state index is 13.0. The number of rotatable bonds is 4. The fourth-order valence-electron chi connectivity index (χ4n) is 2.75. The van der Waals surface area contributed by atoms with Crippen molar-refractivity contribution in [3.63, 3.8) is 0 Å². The molecular formula is C19H16F3N5O2. The van der Waals surface area contributed by atoms with E-state index in [0.29, 0.717) is 16.8 Å². The highest BCUT2D eigenvalue weighted by Gasteiger charge is 2.34. The van der Waals surface area contributed by atoms with Gasteiger partial charge in [-0.2, -0.15) is 18.4 Å². The molecule has 0 aliphatic carbocycles. The minimum atomic E-state index is -4.55. The van der Waals surface area contributed by atoms with Crippen molar-refractivity contribution >= 4 is 22.6 Å². The number of amides is 1. The molecule has 3 aromatic rings. The van der Waals surface area contributed by atoms with Crippen LogP contribution in [0.4, 0.5) is 18.9 Å². The summed E-state index contributed by atoms with van der Waals surface area (Å²) in [6, 6.07) is 9.56. The molecule has 0 radical (unpaired) electrons. The van der Waals surface area contributed by atoms with Crippen LogP contribution in [-0.2, 0) is 17.5 Å². The molecule has 0 fully saturated rings. The molecular weight excluding hydrogens is 387 g/mol. The predicted octanol–water partition coefficient (Wildman–Crippen LogP) is 3.02. The van der Waals surface area contributed by atoms with Gasteiger partial charge in [-0.05, 0) is 55.8 Å². The summed E-state index contributed by atoms with van der Waals surface area (Å²) in [7, 11) is 0. The second-order valence-electron chi connectivity index (χ2n) is 6.82. The molecule has 1 atom stereocenters. The van der Waals surface area contributed by atoms with Crippen molar-refractivity contribution in [3.8, 4) is 6.07 Å². The van der Waals surface area contributed by atoms with Gasteiger partial charge in [-0.25, -0.2) is 4.68 Å². The maximum atomic E-state index is 13.0. The number of nitrogens with one attached hydrogen (secondary N) is 1. The fraction of sp³-hybridized carbons (Fsp3) is 0.263. The molecule has 29 heavy (non-hydrogen) atoms. The van der Waals surface area contributed by atoms with Crippen LogP contribution in [0.15, 0.2) is 36.4 Å². The molecule has 7 nitrogen and oxygen atoms in total. The molecule has 10 heteroatoms. The molecule has 0 aliphatic heterocycles. The van der Waals surface area contributed by atoms with Crippen molar-refractivity contribution in [2.24, 2.45) is 0 Å². The van der Waals surface area contributed by atoms with E-state index in [-0.39, 0.29) is 11.0 Å². The van der Waals surface area contributed by atoms with E-state index >= 15 is 0 Å². The number of hydrogen-bond acceptors (Lipinski definition) is 5. The number of alkyl halides is 3. The Morgan fingerprint density at radius 1 is 1.28 bits per heavy atom. The summed E-state index contributed by atoms with van der Waals surface area (Å²) in [6.45, 7) is 2.51. The Balaban J connectivity index is 1.84. The molecule has 2 N–H and O–H groups in total. The van der Waals surface area contributed by atoms with E-state index in [4.69, 9.17) is 5.26 Å². The van der Waals surface area contributed by atoms with Crippen LogP contribution in [0.2, 0.25) is 0 Å². The van der Waals surface area contributed by atoms with Crippen LogP contribution in [0.25, 0.3) is 11.0 Å². The molecule has 1 amide bonds. The minimum absolute atomic E-state index is 0.0436. The molecule has 150 valence electrons. The number of aliphatic hydroxyl groups is 1. The molecule has 3 rings (SSSR count). The third-order valence-electron chi connectivity index (χ3n) is 4.39. The number of carbonyl (C=O) groups is 1. The van der Waals surface area contributed by atoms with Gasteiger partial charge in [0.2, 0.25) is 0 Å². The van der Waals surface area contributed by atoms with Crippen LogP contribution < -0.4 is 5.32 Å². The highest BCUT2D eigenvalue weighted by molar-refractivity contribution is 5.97. The number of aromatic nitrogens is 3. The first-order valence-electron chi connectivity index (χ1n) is 8.46. The third kappa shape index (κ3) is 4.20. The van der Waals surface area contributed by atoms with E-state index in [1.54, 1.807) is 13.0 Å². The minimum Gasteiger partial charge on any atom is -0.378 e. The number of nitrogens with zero attached hydrogens (tertiary/aromatic N) is 4. The smallest absolute Gasteiger partial charge is 0.378 e. The van der Waals surface area contributed by atoms with Gasteiger partial charge in [0, 0.05) is 5.69 Å². The zero-order valence-electron chi connectivity index (χ0n) is 15.4. The summed E-state index contributed by atoms with van der Waals surface area (Å²) < 4.78 is 39.9. The summed E-state index contributed by atoms with van der Waals surface area (Å²) in [6.07, 6.45) is -4.55. The van der Waals surface area contributed by atoms with Crippen molar-refractivity contribution in [1.29, 1.82) is 5.26 Å². The fourth-order valence-corrected chi connectivity index (χ4v) is 2.75. The first-order chi connectivity index (χ1) is 13.5. The second-order valence-corrected chi connectivity index (χ2v) is 6.82. The van der Waals surface area contributed by atoms with E-state index in [2.05, 4.69) is 15.6 Å². The van der Waals surface area contributed by atoms with E-state index in [1.807, 2.05) is 6.07 Å². The number of nitriles is 1. The van der Waals surface area contributed by atoms with Crippen LogP contribution in [0.1, 0.15) is 23.6 Å². The maximum Gasteiger partial charge on any atom is 0.416 e. The van der Waals surface area contributed by atoms with Crippen molar-refractivity contribution in [3.05, 3.63) is 53.1 Å². The lowest BCUT2D eigenvalue weighted by Gasteiger charge is -2.22. The first kappa shape index (κ1) is 20.3. The largest absolute Gasteiger partial charge is 0.416 e. The van der Waals surface area contributed by atoms with Gasteiger partial charge >= 0.3 is 6.18 Å². The quantitative estimate of drug-likeness (QED) is 0.697. The molecule has 0 aliphatic rings. The zero-order valence-corrected chi connectivity index (χ0v) is 15.4. The highest BCUT2D eigenvalue weighted by atomic mass is 19.4. The Hall–Kier alpha value is -3.45.